The fourth-order valence-corrected chi connectivity index (χ4v) is 2.06. The molecule has 0 unspecified atom stereocenters. The van der Waals surface area contributed by atoms with Crippen molar-refractivity contribution in [3.8, 4) is 0 Å². The molecule has 1 aromatic rings. The lowest BCUT2D eigenvalue weighted by molar-refractivity contribution is 0.298. The molecule has 0 saturated heterocycles. The summed E-state index contributed by atoms with van der Waals surface area (Å²) in [5.41, 5.74) is 9.65. The van der Waals surface area contributed by atoms with Crippen molar-refractivity contribution in [2.75, 3.05) is 25.4 Å². The molecule has 0 atom stereocenters. The van der Waals surface area contributed by atoms with Crippen LogP contribution in [0.1, 0.15) is 18.9 Å². The predicted octanol–water partition coefficient (Wildman–Crippen LogP) is 2.46. The minimum Gasteiger partial charge on any atom is -0.399 e. The van der Waals surface area contributed by atoms with Crippen LogP contribution in [0.2, 0.25) is 0 Å². The second kappa shape index (κ2) is 5.17. The highest BCUT2D eigenvalue weighted by Gasteiger charge is 2.09. The lowest BCUT2D eigenvalue weighted by Crippen LogP contribution is -2.30. The number of nitrogen functional groups attached to an aromatic ring is 1. The first-order valence-corrected chi connectivity index (χ1v) is 5.97. The molecule has 0 amide bonds. The summed E-state index contributed by atoms with van der Waals surface area (Å²) in [6, 6.07) is 8.16. The van der Waals surface area contributed by atoms with Gasteiger partial charge in [0.25, 0.3) is 0 Å². The largest absolute Gasteiger partial charge is 0.399 e. The Hall–Kier alpha value is -1.28. The van der Waals surface area contributed by atoms with Crippen molar-refractivity contribution >= 4 is 5.69 Å². The molecule has 1 heterocycles. The van der Waals surface area contributed by atoms with Crippen molar-refractivity contribution < 1.29 is 0 Å². The summed E-state index contributed by atoms with van der Waals surface area (Å²) in [7, 11) is 0. The van der Waals surface area contributed by atoms with Gasteiger partial charge in [-0.05, 0) is 31.4 Å². The molecule has 0 bridgehead atoms. The van der Waals surface area contributed by atoms with E-state index in [1.54, 1.807) is 0 Å². The number of benzene rings is 1. The molecular weight excluding hydrogens is 196 g/mol. The van der Waals surface area contributed by atoms with Crippen LogP contribution in [0.3, 0.4) is 0 Å². The molecule has 16 heavy (non-hydrogen) atoms. The van der Waals surface area contributed by atoms with Gasteiger partial charge in [-0.15, -0.1) is 0 Å². The summed E-state index contributed by atoms with van der Waals surface area (Å²) in [5, 5.41) is 0. The first kappa shape index (κ1) is 11.2. The second-order valence-electron chi connectivity index (χ2n) is 4.55. The number of nitrogens with two attached hydrogens (primary N) is 1. The monoisotopic (exact) mass is 216 g/mol. The van der Waals surface area contributed by atoms with Gasteiger partial charge in [-0.2, -0.15) is 0 Å². The Morgan fingerprint density at radius 2 is 2.12 bits per heavy atom. The maximum atomic E-state index is 5.93. The molecule has 1 aliphatic heterocycles. The highest BCUT2D eigenvalue weighted by Crippen LogP contribution is 2.14. The maximum Gasteiger partial charge on any atom is 0.0347 e. The summed E-state index contributed by atoms with van der Waals surface area (Å²) >= 11 is 0. The Bertz CT molecular complexity index is 382. The SMILES string of the molecule is CC1=CCN(CCc2ccccc2N)CC1. The average molecular weight is 216 g/mol. The molecule has 1 aromatic carbocycles. The molecule has 0 radical (unpaired) electrons. The first-order chi connectivity index (χ1) is 7.75. The normalized spacial score (nSPS) is 17.2. The Morgan fingerprint density at radius 3 is 2.81 bits per heavy atom. The van der Waals surface area contributed by atoms with Gasteiger partial charge < -0.3 is 5.73 Å². The molecule has 2 rings (SSSR count). The van der Waals surface area contributed by atoms with Gasteiger partial charge in [0.05, 0.1) is 0 Å². The zero-order chi connectivity index (χ0) is 11.4. The van der Waals surface area contributed by atoms with Crippen LogP contribution in [0.5, 0.6) is 0 Å². The molecule has 0 fully saturated rings. The number of rotatable bonds is 3. The van der Waals surface area contributed by atoms with Crippen molar-refractivity contribution in [1.29, 1.82) is 0 Å². The van der Waals surface area contributed by atoms with E-state index in [4.69, 9.17) is 5.73 Å². The third-order valence-electron chi connectivity index (χ3n) is 3.27. The molecule has 86 valence electrons. The zero-order valence-electron chi connectivity index (χ0n) is 9.95. The van der Waals surface area contributed by atoms with Crippen LogP contribution in [0.25, 0.3) is 0 Å². The molecule has 1 aliphatic rings. The molecular formula is C14H20N2. The third-order valence-corrected chi connectivity index (χ3v) is 3.27. The number of para-hydroxylation sites is 1. The van der Waals surface area contributed by atoms with Crippen LogP contribution in [-0.2, 0) is 6.42 Å². The lowest BCUT2D eigenvalue weighted by atomic mass is 10.1. The van der Waals surface area contributed by atoms with Gasteiger partial charge in [-0.3, -0.25) is 4.90 Å². The van der Waals surface area contributed by atoms with E-state index in [1.807, 2.05) is 12.1 Å². The van der Waals surface area contributed by atoms with E-state index in [9.17, 15) is 0 Å². The number of nitrogens with zero attached hydrogens (tertiary/aromatic N) is 1. The summed E-state index contributed by atoms with van der Waals surface area (Å²) in [4.78, 5) is 2.49. The van der Waals surface area contributed by atoms with E-state index in [0.717, 1.165) is 25.2 Å². The second-order valence-corrected chi connectivity index (χ2v) is 4.55. The summed E-state index contributed by atoms with van der Waals surface area (Å²) in [6.45, 7) is 5.61. The highest BCUT2D eigenvalue weighted by atomic mass is 15.1. The van der Waals surface area contributed by atoms with Gasteiger partial charge in [-0.25, -0.2) is 0 Å². The topological polar surface area (TPSA) is 29.3 Å². The van der Waals surface area contributed by atoms with Gasteiger partial charge in [-0.1, -0.05) is 29.8 Å². The predicted molar refractivity (Wildman–Crippen MR) is 69.4 cm³/mol. The minimum atomic E-state index is 0.922. The van der Waals surface area contributed by atoms with Crippen molar-refractivity contribution in [3.05, 3.63) is 41.5 Å². The number of anilines is 1. The molecule has 2 N–H and O–H groups in total. The minimum absolute atomic E-state index is 0.922. The van der Waals surface area contributed by atoms with Crippen LogP contribution in [-0.4, -0.2) is 24.5 Å². The van der Waals surface area contributed by atoms with Gasteiger partial charge in [0.2, 0.25) is 0 Å². The quantitative estimate of drug-likeness (QED) is 0.621. The van der Waals surface area contributed by atoms with E-state index in [0.29, 0.717) is 0 Å². The average Bonchev–Trinajstić information content (AvgIpc) is 2.30. The third kappa shape index (κ3) is 2.86. The van der Waals surface area contributed by atoms with Crippen LogP contribution in [0, 0.1) is 0 Å². The van der Waals surface area contributed by atoms with Crippen LogP contribution >= 0.6 is 0 Å². The van der Waals surface area contributed by atoms with Crippen LogP contribution in [0.4, 0.5) is 5.69 Å². The summed E-state index contributed by atoms with van der Waals surface area (Å²) < 4.78 is 0. The Balaban J connectivity index is 1.86. The van der Waals surface area contributed by atoms with Gasteiger partial charge in [0.1, 0.15) is 0 Å². The molecule has 2 heteroatoms. The molecule has 0 saturated carbocycles. The van der Waals surface area contributed by atoms with E-state index in [1.165, 1.54) is 24.1 Å². The van der Waals surface area contributed by atoms with Crippen LogP contribution < -0.4 is 5.73 Å². The Morgan fingerprint density at radius 1 is 1.31 bits per heavy atom. The highest BCUT2D eigenvalue weighted by molar-refractivity contribution is 5.46. The maximum absolute atomic E-state index is 5.93. The standard InChI is InChI=1S/C14H20N2/c1-12-6-9-16(10-7-12)11-8-13-4-2-3-5-14(13)15/h2-6H,7-11,15H2,1H3. The zero-order valence-corrected chi connectivity index (χ0v) is 9.95. The van der Waals surface area contributed by atoms with Gasteiger partial charge in [0, 0.05) is 25.3 Å². The van der Waals surface area contributed by atoms with E-state index >= 15 is 0 Å². The van der Waals surface area contributed by atoms with E-state index in [-0.39, 0.29) is 0 Å². The van der Waals surface area contributed by atoms with Crippen molar-refractivity contribution in [2.24, 2.45) is 0 Å². The number of hydrogen-bond acceptors (Lipinski definition) is 2. The van der Waals surface area contributed by atoms with E-state index < -0.39 is 0 Å². The van der Waals surface area contributed by atoms with Crippen LogP contribution in [0.15, 0.2) is 35.9 Å². The molecule has 0 spiro atoms. The van der Waals surface area contributed by atoms with E-state index in [2.05, 4.69) is 30.0 Å². The fourth-order valence-electron chi connectivity index (χ4n) is 2.06. The Labute approximate surface area is 97.8 Å². The lowest BCUT2D eigenvalue weighted by Gasteiger charge is -2.25. The first-order valence-electron chi connectivity index (χ1n) is 5.97. The Kier molecular flexibility index (Phi) is 3.62. The molecule has 0 aromatic heterocycles. The summed E-state index contributed by atoms with van der Waals surface area (Å²) in [5.74, 6) is 0. The molecule has 0 aliphatic carbocycles. The van der Waals surface area contributed by atoms with Gasteiger partial charge in [0.15, 0.2) is 0 Å². The van der Waals surface area contributed by atoms with Crippen molar-refractivity contribution in [1.82, 2.24) is 4.90 Å². The van der Waals surface area contributed by atoms with Crippen molar-refractivity contribution in [2.45, 2.75) is 19.8 Å². The summed E-state index contributed by atoms with van der Waals surface area (Å²) in [6.07, 6.45) is 4.60. The smallest absolute Gasteiger partial charge is 0.0347 e. The number of hydrogen-bond donors (Lipinski definition) is 1. The van der Waals surface area contributed by atoms with Crippen molar-refractivity contribution in [3.63, 3.8) is 0 Å². The fraction of sp³-hybridized carbons (Fsp3) is 0.429. The molecule has 2 nitrogen and oxygen atoms in total. The van der Waals surface area contributed by atoms with Gasteiger partial charge >= 0.3 is 0 Å².